The lowest BCUT2D eigenvalue weighted by molar-refractivity contribution is 0.251. The first kappa shape index (κ1) is 13.1. The van der Waals surface area contributed by atoms with Crippen LogP contribution in [0.1, 0.15) is 31.6 Å². The first-order valence-corrected chi connectivity index (χ1v) is 7.67. The van der Waals surface area contributed by atoms with E-state index in [1.165, 1.54) is 37.2 Å². The molecule has 2 unspecified atom stereocenters. The van der Waals surface area contributed by atoms with Gasteiger partial charge < -0.3 is 5.32 Å². The van der Waals surface area contributed by atoms with Gasteiger partial charge in [0.1, 0.15) is 0 Å². The van der Waals surface area contributed by atoms with Crippen LogP contribution in [0.4, 0.5) is 0 Å². The number of likely N-dealkylation sites (tertiary alicyclic amines) is 1. The van der Waals surface area contributed by atoms with E-state index < -0.39 is 0 Å². The lowest BCUT2D eigenvalue weighted by Gasteiger charge is -2.24. The molecule has 2 atom stereocenters. The average Bonchev–Trinajstić information content (AvgIpc) is 2.96. The second kappa shape index (κ2) is 6.53. The Morgan fingerprint density at radius 3 is 3.18 bits per heavy atom. The summed E-state index contributed by atoms with van der Waals surface area (Å²) in [5.41, 5.74) is 0. The SMILES string of the molecule is CCCNC1CCN(C(C)Cc2cccs2)C1. The molecule has 1 aliphatic heterocycles. The molecule has 2 heterocycles. The fraction of sp³-hybridized carbons (Fsp3) is 0.714. The molecule has 1 aliphatic rings. The third-order valence-corrected chi connectivity index (χ3v) is 4.50. The molecule has 96 valence electrons. The molecule has 2 nitrogen and oxygen atoms in total. The minimum absolute atomic E-state index is 0.682. The van der Waals surface area contributed by atoms with Crippen LogP contribution in [0.5, 0.6) is 0 Å². The summed E-state index contributed by atoms with van der Waals surface area (Å²) < 4.78 is 0. The van der Waals surface area contributed by atoms with Crippen molar-refractivity contribution in [3.8, 4) is 0 Å². The van der Waals surface area contributed by atoms with E-state index in [0.29, 0.717) is 6.04 Å². The molecule has 0 aliphatic carbocycles. The van der Waals surface area contributed by atoms with Gasteiger partial charge in [-0.15, -0.1) is 11.3 Å². The molecule has 1 N–H and O–H groups in total. The molecule has 17 heavy (non-hydrogen) atoms. The van der Waals surface area contributed by atoms with Crippen molar-refractivity contribution in [2.45, 2.75) is 45.2 Å². The van der Waals surface area contributed by atoms with Crippen molar-refractivity contribution < 1.29 is 0 Å². The highest BCUT2D eigenvalue weighted by molar-refractivity contribution is 7.09. The van der Waals surface area contributed by atoms with Crippen LogP contribution in [0.2, 0.25) is 0 Å². The summed E-state index contributed by atoms with van der Waals surface area (Å²) in [7, 11) is 0. The maximum atomic E-state index is 3.64. The van der Waals surface area contributed by atoms with E-state index >= 15 is 0 Å². The summed E-state index contributed by atoms with van der Waals surface area (Å²) in [4.78, 5) is 4.15. The highest BCUT2D eigenvalue weighted by atomic mass is 32.1. The van der Waals surface area contributed by atoms with Gasteiger partial charge in [0, 0.05) is 30.1 Å². The zero-order valence-electron chi connectivity index (χ0n) is 11.0. The third kappa shape index (κ3) is 3.80. The topological polar surface area (TPSA) is 15.3 Å². The molecule has 0 saturated carbocycles. The van der Waals surface area contributed by atoms with Crippen molar-refractivity contribution in [3.05, 3.63) is 22.4 Å². The highest BCUT2D eigenvalue weighted by Gasteiger charge is 2.25. The Labute approximate surface area is 109 Å². The summed E-state index contributed by atoms with van der Waals surface area (Å²) in [6.07, 6.45) is 3.76. The number of thiophene rings is 1. The van der Waals surface area contributed by atoms with Gasteiger partial charge in [0.15, 0.2) is 0 Å². The molecule has 0 bridgehead atoms. The van der Waals surface area contributed by atoms with E-state index in [2.05, 4.69) is 41.6 Å². The van der Waals surface area contributed by atoms with Crippen LogP contribution >= 0.6 is 11.3 Å². The molecule has 0 amide bonds. The summed E-state index contributed by atoms with van der Waals surface area (Å²) >= 11 is 1.88. The average molecular weight is 252 g/mol. The van der Waals surface area contributed by atoms with Crippen LogP contribution in [-0.4, -0.2) is 36.6 Å². The molecule has 0 aromatic carbocycles. The Morgan fingerprint density at radius 2 is 2.47 bits per heavy atom. The van der Waals surface area contributed by atoms with Gasteiger partial charge in [0.2, 0.25) is 0 Å². The summed E-state index contributed by atoms with van der Waals surface area (Å²) in [5.74, 6) is 0. The van der Waals surface area contributed by atoms with Gasteiger partial charge in [-0.2, -0.15) is 0 Å². The van der Waals surface area contributed by atoms with Crippen molar-refractivity contribution in [1.82, 2.24) is 10.2 Å². The molecule has 1 saturated heterocycles. The van der Waals surface area contributed by atoms with E-state index in [0.717, 1.165) is 12.6 Å². The standard InChI is InChI=1S/C14H24N2S/c1-3-7-15-13-6-8-16(11-13)12(2)10-14-5-4-9-17-14/h4-5,9,12-13,15H,3,6-8,10-11H2,1-2H3. The number of nitrogens with one attached hydrogen (secondary N) is 1. The van der Waals surface area contributed by atoms with Gasteiger partial charge in [-0.05, 0) is 44.2 Å². The Bertz CT molecular complexity index is 310. The van der Waals surface area contributed by atoms with Crippen molar-refractivity contribution in [1.29, 1.82) is 0 Å². The largest absolute Gasteiger partial charge is 0.313 e. The summed E-state index contributed by atoms with van der Waals surface area (Å²) in [6, 6.07) is 5.81. The Balaban J connectivity index is 1.75. The first-order chi connectivity index (χ1) is 8.29. The van der Waals surface area contributed by atoms with Crippen LogP contribution < -0.4 is 5.32 Å². The third-order valence-electron chi connectivity index (χ3n) is 3.60. The lowest BCUT2D eigenvalue weighted by Crippen LogP contribution is -2.37. The fourth-order valence-electron chi connectivity index (χ4n) is 2.55. The quantitative estimate of drug-likeness (QED) is 0.837. The van der Waals surface area contributed by atoms with Crippen LogP contribution in [0.25, 0.3) is 0 Å². The van der Waals surface area contributed by atoms with Gasteiger partial charge in [-0.25, -0.2) is 0 Å². The van der Waals surface area contributed by atoms with Crippen LogP contribution in [0.3, 0.4) is 0 Å². The van der Waals surface area contributed by atoms with Gasteiger partial charge in [-0.3, -0.25) is 4.90 Å². The second-order valence-electron chi connectivity index (χ2n) is 5.07. The van der Waals surface area contributed by atoms with E-state index in [1.807, 2.05) is 11.3 Å². The number of rotatable bonds is 6. The van der Waals surface area contributed by atoms with E-state index in [1.54, 1.807) is 0 Å². The minimum Gasteiger partial charge on any atom is -0.313 e. The lowest BCUT2D eigenvalue weighted by atomic mass is 10.2. The fourth-order valence-corrected chi connectivity index (χ4v) is 3.38. The van der Waals surface area contributed by atoms with Crippen LogP contribution in [0, 0.1) is 0 Å². The second-order valence-corrected chi connectivity index (χ2v) is 6.10. The monoisotopic (exact) mass is 252 g/mol. The molecular weight excluding hydrogens is 228 g/mol. The van der Waals surface area contributed by atoms with Crippen molar-refractivity contribution >= 4 is 11.3 Å². The van der Waals surface area contributed by atoms with E-state index in [-0.39, 0.29) is 0 Å². The zero-order chi connectivity index (χ0) is 12.1. The van der Waals surface area contributed by atoms with Crippen molar-refractivity contribution in [3.63, 3.8) is 0 Å². The normalized spacial score (nSPS) is 23.1. The molecule has 2 rings (SSSR count). The van der Waals surface area contributed by atoms with Gasteiger partial charge >= 0.3 is 0 Å². The molecular formula is C14H24N2S. The van der Waals surface area contributed by atoms with Crippen molar-refractivity contribution in [2.75, 3.05) is 19.6 Å². The summed E-state index contributed by atoms with van der Waals surface area (Å²) in [5, 5.41) is 5.81. The Hall–Kier alpha value is -0.380. The van der Waals surface area contributed by atoms with Gasteiger partial charge in [0.25, 0.3) is 0 Å². The predicted octanol–water partition coefficient (Wildman–Crippen LogP) is 2.75. The van der Waals surface area contributed by atoms with E-state index in [9.17, 15) is 0 Å². The molecule has 1 fully saturated rings. The van der Waals surface area contributed by atoms with Gasteiger partial charge in [-0.1, -0.05) is 13.0 Å². The van der Waals surface area contributed by atoms with Crippen molar-refractivity contribution in [2.24, 2.45) is 0 Å². The highest BCUT2D eigenvalue weighted by Crippen LogP contribution is 2.18. The van der Waals surface area contributed by atoms with Crippen LogP contribution in [0.15, 0.2) is 17.5 Å². The first-order valence-electron chi connectivity index (χ1n) is 6.79. The molecule has 1 aromatic heterocycles. The Kier molecular flexibility index (Phi) is 5.01. The number of nitrogens with zero attached hydrogens (tertiary/aromatic N) is 1. The molecule has 0 radical (unpaired) electrons. The minimum atomic E-state index is 0.682. The maximum Gasteiger partial charge on any atom is 0.0207 e. The van der Waals surface area contributed by atoms with E-state index in [4.69, 9.17) is 0 Å². The van der Waals surface area contributed by atoms with Gasteiger partial charge in [0.05, 0.1) is 0 Å². The predicted molar refractivity (Wildman–Crippen MR) is 75.8 cm³/mol. The smallest absolute Gasteiger partial charge is 0.0207 e. The molecule has 0 spiro atoms. The Morgan fingerprint density at radius 1 is 1.59 bits per heavy atom. The summed E-state index contributed by atoms with van der Waals surface area (Å²) in [6.45, 7) is 8.25. The molecule has 1 aromatic rings. The zero-order valence-corrected chi connectivity index (χ0v) is 11.8. The molecule has 3 heteroatoms. The number of hydrogen-bond acceptors (Lipinski definition) is 3. The van der Waals surface area contributed by atoms with Crippen LogP contribution in [-0.2, 0) is 6.42 Å². The number of hydrogen-bond donors (Lipinski definition) is 1. The maximum absolute atomic E-state index is 3.64.